The Balaban J connectivity index is 2.25. The van der Waals surface area contributed by atoms with E-state index in [1.54, 1.807) is 32.0 Å². The molecule has 0 radical (unpaired) electrons. The molecule has 0 aliphatic heterocycles. The number of halogens is 1. The molecule has 0 aliphatic rings. The standard InChI is InChI=1S/C18H23BrN4O4/c1-17(2,3)22-16(24)27-18(4,5)10-21-15-12-7-6-11(19)8-13(12)20-9-14(15)23(25)26/h6-9H,10H2,1-5H3,(H,20,21)(H,22,24). The van der Waals surface area contributed by atoms with Crippen LogP contribution in [0.1, 0.15) is 34.6 Å². The van der Waals surface area contributed by atoms with E-state index in [2.05, 4.69) is 31.5 Å². The number of nitrogens with one attached hydrogen (secondary N) is 2. The van der Waals surface area contributed by atoms with Crippen molar-refractivity contribution in [1.29, 1.82) is 0 Å². The Morgan fingerprint density at radius 3 is 2.56 bits per heavy atom. The van der Waals surface area contributed by atoms with Crippen molar-refractivity contribution in [3.8, 4) is 0 Å². The Hall–Kier alpha value is -2.42. The van der Waals surface area contributed by atoms with Crippen LogP contribution in [-0.4, -0.2) is 33.7 Å². The topological polar surface area (TPSA) is 106 Å². The molecular formula is C18H23BrN4O4. The van der Waals surface area contributed by atoms with Crippen LogP contribution in [0.2, 0.25) is 0 Å². The van der Waals surface area contributed by atoms with Crippen molar-refractivity contribution in [3.63, 3.8) is 0 Å². The predicted octanol–water partition coefficient (Wildman–Crippen LogP) is 4.62. The van der Waals surface area contributed by atoms with E-state index in [1.807, 2.05) is 20.8 Å². The number of hydrogen-bond donors (Lipinski definition) is 2. The number of carbonyl (C=O) groups is 1. The summed E-state index contributed by atoms with van der Waals surface area (Å²) in [7, 11) is 0. The fraction of sp³-hybridized carbons (Fsp3) is 0.444. The van der Waals surface area contributed by atoms with Gasteiger partial charge in [-0.2, -0.15) is 0 Å². The summed E-state index contributed by atoms with van der Waals surface area (Å²) in [4.78, 5) is 27.1. The molecule has 0 unspecified atom stereocenters. The molecule has 146 valence electrons. The fourth-order valence-electron chi connectivity index (χ4n) is 2.40. The Morgan fingerprint density at radius 2 is 1.96 bits per heavy atom. The lowest BCUT2D eigenvalue weighted by atomic mass is 10.1. The molecule has 1 aromatic heterocycles. The van der Waals surface area contributed by atoms with E-state index in [1.165, 1.54) is 6.20 Å². The maximum atomic E-state index is 12.0. The van der Waals surface area contributed by atoms with Gasteiger partial charge in [0.2, 0.25) is 0 Å². The number of alkyl carbamates (subject to hydrolysis) is 1. The second-order valence-electron chi connectivity index (χ2n) is 7.81. The number of nitrogens with zero attached hydrogens (tertiary/aromatic N) is 2. The van der Waals surface area contributed by atoms with Gasteiger partial charge in [0.05, 0.1) is 17.0 Å². The van der Waals surface area contributed by atoms with Crippen LogP contribution in [0.15, 0.2) is 28.9 Å². The number of rotatable bonds is 5. The molecule has 0 spiro atoms. The van der Waals surface area contributed by atoms with E-state index < -0.39 is 22.2 Å². The summed E-state index contributed by atoms with van der Waals surface area (Å²) < 4.78 is 6.29. The third-order valence-electron chi connectivity index (χ3n) is 3.54. The van der Waals surface area contributed by atoms with Crippen LogP contribution in [0.4, 0.5) is 16.2 Å². The number of nitro groups is 1. The Bertz CT molecular complexity index is 878. The molecule has 1 amide bonds. The highest BCUT2D eigenvalue weighted by atomic mass is 79.9. The molecule has 0 saturated heterocycles. The van der Waals surface area contributed by atoms with Crippen LogP contribution in [-0.2, 0) is 4.74 Å². The van der Waals surface area contributed by atoms with Crippen LogP contribution < -0.4 is 10.6 Å². The van der Waals surface area contributed by atoms with Crippen molar-refractivity contribution in [3.05, 3.63) is 39.0 Å². The first-order valence-electron chi connectivity index (χ1n) is 8.36. The molecule has 27 heavy (non-hydrogen) atoms. The van der Waals surface area contributed by atoms with Crippen molar-refractivity contribution in [2.45, 2.75) is 45.8 Å². The average molecular weight is 439 g/mol. The SMILES string of the molecule is CC(C)(C)NC(=O)OC(C)(C)CNc1c([N+](=O)[O-])cnc2cc(Br)ccc12. The number of fused-ring (bicyclic) bond motifs is 1. The zero-order chi connectivity index (χ0) is 20.4. The number of carbonyl (C=O) groups excluding carboxylic acids is 1. The summed E-state index contributed by atoms with van der Waals surface area (Å²) >= 11 is 3.37. The summed E-state index contributed by atoms with van der Waals surface area (Å²) in [6.45, 7) is 9.20. The zero-order valence-electron chi connectivity index (χ0n) is 15.9. The smallest absolute Gasteiger partial charge is 0.408 e. The zero-order valence-corrected chi connectivity index (χ0v) is 17.5. The summed E-state index contributed by atoms with van der Waals surface area (Å²) in [6.07, 6.45) is 0.671. The lowest BCUT2D eigenvalue weighted by molar-refractivity contribution is -0.384. The van der Waals surface area contributed by atoms with Gasteiger partial charge in [-0.1, -0.05) is 15.9 Å². The van der Waals surface area contributed by atoms with E-state index in [0.29, 0.717) is 16.6 Å². The average Bonchev–Trinajstić information content (AvgIpc) is 2.49. The number of pyridine rings is 1. The van der Waals surface area contributed by atoms with Crippen molar-refractivity contribution in [2.75, 3.05) is 11.9 Å². The van der Waals surface area contributed by atoms with Crippen molar-refractivity contribution >= 4 is 44.3 Å². The van der Waals surface area contributed by atoms with Crippen LogP contribution in [0.25, 0.3) is 10.9 Å². The number of amides is 1. The van der Waals surface area contributed by atoms with Gasteiger partial charge in [-0.25, -0.2) is 9.78 Å². The van der Waals surface area contributed by atoms with E-state index in [-0.39, 0.29) is 12.2 Å². The number of hydrogen-bond acceptors (Lipinski definition) is 6. The van der Waals surface area contributed by atoms with E-state index >= 15 is 0 Å². The quantitative estimate of drug-likeness (QED) is 0.520. The molecule has 0 aliphatic carbocycles. The largest absolute Gasteiger partial charge is 0.442 e. The molecule has 2 N–H and O–H groups in total. The minimum Gasteiger partial charge on any atom is -0.442 e. The van der Waals surface area contributed by atoms with Gasteiger partial charge >= 0.3 is 11.8 Å². The highest BCUT2D eigenvalue weighted by Gasteiger charge is 2.27. The number of benzene rings is 1. The second kappa shape index (κ2) is 7.67. The lowest BCUT2D eigenvalue weighted by Gasteiger charge is -2.29. The first kappa shape index (κ1) is 20.9. The van der Waals surface area contributed by atoms with Crippen LogP contribution in [0, 0.1) is 10.1 Å². The van der Waals surface area contributed by atoms with Gasteiger partial charge in [0.15, 0.2) is 0 Å². The molecule has 2 aromatic rings. The molecule has 9 heteroatoms. The highest BCUT2D eigenvalue weighted by molar-refractivity contribution is 9.10. The predicted molar refractivity (Wildman–Crippen MR) is 108 cm³/mol. The number of ether oxygens (including phenoxy) is 1. The Kier molecular flexibility index (Phi) is 5.94. The van der Waals surface area contributed by atoms with E-state index in [4.69, 9.17) is 4.74 Å². The molecule has 0 fully saturated rings. The van der Waals surface area contributed by atoms with Crippen LogP contribution >= 0.6 is 15.9 Å². The van der Waals surface area contributed by atoms with Gasteiger partial charge in [-0.05, 0) is 52.8 Å². The monoisotopic (exact) mass is 438 g/mol. The molecule has 2 rings (SSSR count). The summed E-state index contributed by atoms with van der Waals surface area (Å²) in [5.74, 6) is 0. The first-order chi connectivity index (χ1) is 12.4. The van der Waals surface area contributed by atoms with Gasteiger partial charge in [0, 0.05) is 15.4 Å². The van der Waals surface area contributed by atoms with Crippen molar-refractivity contribution in [2.24, 2.45) is 0 Å². The third kappa shape index (κ3) is 5.78. The first-order valence-corrected chi connectivity index (χ1v) is 9.15. The summed E-state index contributed by atoms with van der Waals surface area (Å²) in [6, 6.07) is 5.32. The summed E-state index contributed by atoms with van der Waals surface area (Å²) in [5.41, 5.74) is -0.505. The minimum absolute atomic E-state index is 0.139. The van der Waals surface area contributed by atoms with Crippen molar-refractivity contribution < 1.29 is 14.5 Å². The van der Waals surface area contributed by atoms with Gasteiger partial charge < -0.3 is 15.4 Å². The van der Waals surface area contributed by atoms with Gasteiger partial charge in [0.1, 0.15) is 17.5 Å². The number of anilines is 1. The second-order valence-corrected chi connectivity index (χ2v) is 8.73. The van der Waals surface area contributed by atoms with E-state index in [9.17, 15) is 14.9 Å². The molecule has 1 heterocycles. The van der Waals surface area contributed by atoms with Gasteiger partial charge in [-0.15, -0.1) is 0 Å². The maximum absolute atomic E-state index is 12.0. The Morgan fingerprint density at radius 1 is 1.30 bits per heavy atom. The van der Waals surface area contributed by atoms with Crippen LogP contribution in [0.3, 0.4) is 0 Å². The van der Waals surface area contributed by atoms with Gasteiger partial charge in [0.25, 0.3) is 0 Å². The minimum atomic E-state index is -0.895. The molecule has 0 atom stereocenters. The highest BCUT2D eigenvalue weighted by Crippen LogP contribution is 2.33. The molecule has 8 nitrogen and oxygen atoms in total. The lowest BCUT2D eigenvalue weighted by Crippen LogP contribution is -2.46. The Labute approximate surface area is 166 Å². The summed E-state index contributed by atoms with van der Waals surface area (Å²) in [5, 5.41) is 17.8. The van der Waals surface area contributed by atoms with Crippen molar-refractivity contribution in [1.82, 2.24) is 10.3 Å². The molecule has 1 aromatic carbocycles. The van der Waals surface area contributed by atoms with Gasteiger partial charge in [-0.3, -0.25) is 10.1 Å². The molecular weight excluding hydrogens is 416 g/mol. The molecule has 0 bridgehead atoms. The maximum Gasteiger partial charge on any atom is 0.408 e. The normalized spacial score (nSPS) is 11.9. The third-order valence-corrected chi connectivity index (χ3v) is 4.04. The van der Waals surface area contributed by atoms with E-state index in [0.717, 1.165) is 4.47 Å². The molecule has 0 saturated carbocycles. The fourth-order valence-corrected chi connectivity index (χ4v) is 2.75. The number of aromatic nitrogens is 1. The van der Waals surface area contributed by atoms with Crippen LogP contribution in [0.5, 0.6) is 0 Å².